The van der Waals surface area contributed by atoms with Gasteiger partial charge in [-0.05, 0) is 122 Å². The zero-order valence-electron chi connectivity index (χ0n) is 51.9. The monoisotopic (exact) mass is 1160 g/mol. The standard InChI is InChI=1S/C70H117O11P/c1-4-7-10-13-16-19-22-25-28-31-33-36-38-41-44-47-50-53-56-59-68(72)77-63-67(81-70(74)61-58-55-52-49-46-43-40-37-34-32-29-26-23-20-17-14-11-8-5-2)65-79-82(75,76)78-64-66(62-71)80-69(73)60-57-54-51-48-45-42-39-35-30-27-24-21-18-15-12-9-6-3/h7,9-10,12,16,18-19,21,25-30,33,36,39,42,48,51,66-67,71H,4-6,8,11,13-15,17,20,22-24,31-32,34-35,37-38,40-41,43-47,49-50,52-65H2,1-3H3,(H,75,76)/b10-7-,12-9-,19-16-,21-18-,28-25-,29-26-,30-27-,36-33-,42-39-,51-48-. The van der Waals surface area contributed by atoms with Crippen LogP contribution in [0.25, 0.3) is 0 Å². The maximum atomic E-state index is 13.0. The fourth-order valence-corrected chi connectivity index (χ4v) is 9.28. The molecule has 0 saturated heterocycles. The normalized spacial score (nSPS) is 14.1. The van der Waals surface area contributed by atoms with Gasteiger partial charge >= 0.3 is 25.7 Å². The van der Waals surface area contributed by atoms with Crippen molar-refractivity contribution in [3.05, 3.63) is 122 Å². The van der Waals surface area contributed by atoms with E-state index in [0.29, 0.717) is 25.7 Å². The molecule has 0 spiro atoms. The van der Waals surface area contributed by atoms with Gasteiger partial charge < -0.3 is 24.2 Å². The smallest absolute Gasteiger partial charge is 0.462 e. The Hall–Kier alpha value is -4.12. The van der Waals surface area contributed by atoms with Gasteiger partial charge in [0.2, 0.25) is 0 Å². The number of aliphatic hydroxyl groups is 1. The van der Waals surface area contributed by atoms with Gasteiger partial charge in [-0.1, -0.05) is 245 Å². The van der Waals surface area contributed by atoms with Gasteiger partial charge in [-0.2, -0.15) is 0 Å². The van der Waals surface area contributed by atoms with Crippen LogP contribution >= 0.6 is 7.82 Å². The van der Waals surface area contributed by atoms with Crippen molar-refractivity contribution in [2.45, 2.75) is 277 Å². The third kappa shape index (κ3) is 60.5. The zero-order chi connectivity index (χ0) is 59.8. The molecule has 82 heavy (non-hydrogen) atoms. The predicted molar refractivity (Wildman–Crippen MR) is 343 cm³/mol. The molecule has 0 saturated carbocycles. The molecule has 0 aromatic carbocycles. The molecule has 0 aliphatic heterocycles. The van der Waals surface area contributed by atoms with Crippen LogP contribution in [0.3, 0.4) is 0 Å². The highest BCUT2D eigenvalue weighted by Crippen LogP contribution is 2.43. The molecule has 468 valence electrons. The Morgan fingerprint density at radius 1 is 0.354 bits per heavy atom. The lowest BCUT2D eigenvalue weighted by Gasteiger charge is -2.21. The lowest BCUT2D eigenvalue weighted by atomic mass is 10.1. The van der Waals surface area contributed by atoms with E-state index in [1.54, 1.807) is 0 Å². The van der Waals surface area contributed by atoms with Crippen LogP contribution in [-0.4, -0.2) is 66.5 Å². The van der Waals surface area contributed by atoms with E-state index >= 15 is 0 Å². The van der Waals surface area contributed by atoms with Gasteiger partial charge in [-0.3, -0.25) is 23.4 Å². The Balaban J connectivity index is 4.79. The number of allylic oxidation sites excluding steroid dienone is 20. The third-order valence-electron chi connectivity index (χ3n) is 13.3. The van der Waals surface area contributed by atoms with Crippen LogP contribution in [-0.2, 0) is 42.2 Å². The fraction of sp³-hybridized carbons (Fsp3) is 0.671. The summed E-state index contributed by atoms with van der Waals surface area (Å²) in [6.45, 7) is 4.35. The lowest BCUT2D eigenvalue weighted by molar-refractivity contribution is -0.161. The number of unbranched alkanes of at least 4 members (excludes halogenated alkanes) is 22. The molecular weight excluding hydrogens is 1050 g/mol. The first-order chi connectivity index (χ1) is 40.2. The topological polar surface area (TPSA) is 155 Å². The summed E-state index contributed by atoms with van der Waals surface area (Å²) in [6.07, 6.45) is 78.7. The molecule has 2 N–H and O–H groups in total. The Kier molecular flexibility index (Phi) is 59.8. The van der Waals surface area contributed by atoms with Crippen LogP contribution in [0.15, 0.2) is 122 Å². The Morgan fingerprint density at radius 2 is 0.646 bits per heavy atom. The van der Waals surface area contributed by atoms with Crippen LogP contribution in [0.5, 0.6) is 0 Å². The molecular formula is C70H117O11P. The van der Waals surface area contributed by atoms with E-state index in [1.807, 2.05) is 12.2 Å². The summed E-state index contributed by atoms with van der Waals surface area (Å²) in [7, 11) is -4.78. The summed E-state index contributed by atoms with van der Waals surface area (Å²) in [4.78, 5) is 48.8. The van der Waals surface area contributed by atoms with Crippen LogP contribution in [0.4, 0.5) is 0 Å². The van der Waals surface area contributed by atoms with Crippen molar-refractivity contribution in [3.63, 3.8) is 0 Å². The molecule has 0 aliphatic rings. The average Bonchev–Trinajstić information content (AvgIpc) is 3.49. The van der Waals surface area contributed by atoms with E-state index in [1.165, 1.54) is 83.5 Å². The SMILES string of the molecule is CC/C=C\C/C=C\C/C=C\C/C=C\C/C=C\CCCC(=O)OC(CO)COP(=O)(O)OCC(COC(=O)CCCCCCCC/C=C\C/C=C\C/C=C\C/C=C\CC)OC(=O)CCCCCCCCCCC/C=C\CCCCCCCC. The number of carbonyl (C=O) groups excluding carboxylic acids is 3. The van der Waals surface area contributed by atoms with Crippen LogP contribution in [0.2, 0.25) is 0 Å². The minimum atomic E-state index is -4.78. The third-order valence-corrected chi connectivity index (χ3v) is 14.3. The molecule has 3 atom stereocenters. The molecule has 11 nitrogen and oxygen atoms in total. The van der Waals surface area contributed by atoms with Crippen molar-refractivity contribution in [2.75, 3.05) is 26.4 Å². The number of aliphatic hydroxyl groups excluding tert-OH is 1. The van der Waals surface area contributed by atoms with Gasteiger partial charge in [0.25, 0.3) is 0 Å². The summed E-state index contributed by atoms with van der Waals surface area (Å²) in [6, 6.07) is 0. The second-order valence-electron chi connectivity index (χ2n) is 21.2. The molecule has 0 heterocycles. The second kappa shape index (κ2) is 62.9. The molecule has 0 aromatic heterocycles. The van der Waals surface area contributed by atoms with Gasteiger partial charge in [0.1, 0.15) is 12.7 Å². The van der Waals surface area contributed by atoms with Gasteiger partial charge in [-0.25, -0.2) is 4.57 Å². The fourth-order valence-electron chi connectivity index (χ4n) is 8.50. The summed E-state index contributed by atoms with van der Waals surface area (Å²) < 4.78 is 39.6. The Bertz CT molecular complexity index is 1840. The zero-order valence-corrected chi connectivity index (χ0v) is 52.8. The Morgan fingerprint density at radius 3 is 1.04 bits per heavy atom. The molecule has 0 bridgehead atoms. The van der Waals surface area contributed by atoms with Crippen LogP contribution < -0.4 is 0 Å². The highest BCUT2D eigenvalue weighted by molar-refractivity contribution is 7.47. The minimum Gasteiger partial charge on any atom is -0.462 e. The molecule has 0 rings (SSSR count). The van der Waals surface area contributed by atoms with E-state index in [9.17, 15) is 28.9 Å². The quantitative estimate of drug-likeness (QED) is 0.0197. The molecule has 0 radical (unpaired) electrons. The maximum absolute atomic E-state index is 13.0. The van der Waals surface area contributed by atoms with Crippen molar-refractivity contribution < 1.29 is 52.2 Å². The highest BCUT2D eigenvalue weighted by Gasteiger charge is 2.28. The van der Waals surface area contributed by atoms with Crippen molar-refractivity contribution in [3.8, 4) is 0 Å². The number of hydrogen-bond donors (Lipinski definition) is 2. The predicted octanol–water partition coefficient (Wildman–Crippen LogP) is 19.9. The minimum absolute atomic E-state index is 0.0927. The van der Waals surface area contributed by atoms with Gasteiger partial charge in [0.15, 0.2) is 6.10 Å². The van der Waals surface area contributed by atoms with Gasteiger partial charge in [0, 0.05) is 19.3 Å². The van der Waals surface area contributed by atoms with E-state index in [2.05, 4.69) is 130 Å². The van der Waals surface area contributed by atoms with E-state index in [0.717, 1.165) is 116 Å². The average molecular weight is 1170 g/mol. The van der Waals surface area contributed by atoms with Gasteiger partial charge in [-0.15, -0.1) is 0 Å². The highest BCUT2D eigenvalue weighted by atomic mass is 31.2. The number of hydrogen-bond acceptors (Lipinski definition) is 10. The van der Waals surface area contributed by atoms with E-state index in [4.69, 9.17) is 23.3 Å². The van der Waals surface area contributed by atoms with Crippen molar-refractivity contribution in [1.82, 2.24) is 0 Å². The second-order valence-corrected chi connectivity index (χ2v) is 22.6. The maximum Gasteiger partial charge on any atom is 0.472 e. The van der Waals surface area contributed by atoms with Crippen LogP contribution in [0, 0.1) is 0 Å². The van der Waals surface area contributed by atoms with E-state index in [-0.39, 0.29) is 25.9 Å². The number of phosphoric acid groups is 1. The summed E-state index contributed by atoms with van der Waals surface area (Å²) in [5.41, 5.74) is 0. The molecule has 0 fully saturated rings. The molecule has 0 aromatic rings. The molecule has 0 aliphatic carbocycles. The number of esters is 3. The number of phosphoric ester groups is 1. The number of carbonyl (C=O) groups is 3. The van der Waals surface area contributed by atoms with E-state index < -0.39 is 57.8 Å². The molecule has 12 heteroatoms. The molecule has 0 amide bonds. The van der Waals surface area contributed by atoms with Crippen LogP contribution in [0.1, 0.15) is 265 Å². The summed E-state index contributed by atoms with van der Waals surface area (Å²) in [5, 5.41) is 9.85. The number of rotatable bonds is 59. The van der Waals surface area contributed by atoms with Crippen molar-refractivity contribution >= 4 is 25.7 Å². The Labute approximate surface area is 500 Å². The van der Waals surface area contributed by atoms with Crippen molar-refractivity contribution in [2.24, 2.45) is 0 Å². The lowest BCUT2D eigenvalue weighted by Crippen LogP contribution is -2.30. The first kappa shape index (κ1) is 77.9. The first-order valence-corrected chi connectivity index (χ1v) is 33.9. The largest absolute Gasteiger partial charge is 0.472 e. The summed E-state index contributed by atoms with van der Waals surface area (Å²) >= 11 is 0. The molecule has 3 unspecified atom stereocenters. The summed E-state index contributed by atoms with van der Waals surface area (Å²) in [5.74, 6) is -1.55. The number of ether oxygens (including phenoxy) is 3. The van der Waals surface area contributed by atoms with Crippen molar-refractivity contribution in [1.29, 1.82) is 0 Å². The first-order valence-electron chi connectivity index (χ1n) is 32.4. The van der Waals surface area contributed by atoms with Gasteiger partial charge in [0.05, 0.1) is 19.8 Å².